The molecular weight excluding hydrogens is 278 g/mol. The second-order valence-electron chi connectivity index (χ2n) is 5.13. The van der Waals surface area contributed by atoms with Crippen molar-refractivity contribution in [1.29, 1.82) is 0 Å². The highest BCUT2D eigenvalue weighted by Gasteiger charge is 2.21. The summed E-state index contributed by atoms with van der Waals surface area (Å²) in [5.41, 5.74) is 2.21. The lowest BCUT2D eigenvalue weighted by molar-refractivity contribution is -0.137. The predicted molar refractivity (Wildman–Crippen MR) is 85.9 cm³/mol. The van der Waals surface area contributed by atoms with Crippen LogP contribution >= 0.6 is 0 Å². The highest BCUT2D eigenvalue weighted by Crippen LogP contribution is 2.20. The van der Waals surface area contributed by atoms with Crippen LogP contribution in [0.4, 0.5) is 0 Å². The van der Waals surface area contributed by atoms with E-state index in [1.54, 1.807) is 17.3 Å². The first-order valence-electron chi connectivity index (χ1n) is 7.44. The molecule has 2 heterocycles. The molecule has 0 radical (unpaired) electrons. The maximum Gasteiger partial charge on any atom is 0.246 e. The zero-order valence-corrected chi connectivity index (χ0v) is 12.9. The number of carbonyl (C=O) groups is 2. The van der Waals surface area contributed by atoms with E-state index in [4.69, 9.17) is 0 Å². The van der Waals surface area contributed by atoms with Crippen LogP contribution in [-0.4, -0.2) is 52.8 Å². The van der Waals surface area contributed by atoms with Gasteiger partial charge in [0.2, 0.25) is 11.8 Å². The second kappa shape index (κ2) is 7.54. The maximum atomic E-state index is 12.4. The number of hydrogen-bond donors (Lipinski definition) is 0. The standard InChI is InChI=1S/C17H21N3O2/c1-3-16(21)19(4-2)13-17(22)20-11-5-6-15(12-20)14-7-9-18-10-8-14/h3,6-10H,1,4-5,11-13H2,2H3. The molecule has 0 atom stereocenters. The van der Waals surface area contributed by atoms with E-state index in [1.807, 2.05) is 19.1 Å². The molecule has 0 fully saturated rings. The summed E-state index contributed by atoms with van der Waals surface area (Å²) in [6, 6.07) is 3.89. The Kier molecular flexibility index (Phi) is 5.47. The summed E-state index contributed by atoms with van der Waals surface area (Å²) in [5, 5.41) is 0. The van der Waals surface area contributed by atoms with Crippen LogP contribution in [0.1, 0.15) is 18.9 Å². The van der Waals surface area contributed by atoms with Gasteiger partial charge in [-0.05, 0) is 42.7 Å². The van der Waals surface area contributed by atoms with Gasteiger partial charge in [0.15, 0.2) is 0 Å². The van der Waals surface area contributed by atoms with Crippen molar-refractivity contribution in [2.75, 3.05) is 26.2 Å². The zero-order chi connectivity index (χ0) is 15.9. The second-order valence-corrected chi connectivity index (χ2v) is 5.13. The molecule has 0 aromatic carbocycles. The summed E-state index contributed by atoms with van der Waals surface area (Å²) in [5.74, 6) is -0.241. The quantitative estimate of drug-likeness (QED) is 0.778. The minimum atomic E-state index is -0.210. The lowest BCUT2D eigenvalue weighted by atomic mass is 10.0. The van der Waals surface area contributed by atoms with Gasteiger partial charge in [-0.15, -0.1) is 0 Å². The lowest BCUT2D eigenvalue weighted by Crippen LogP contribution is -2.44. The van der Waals surface area contributed by atoms with Crippen molar-refractivity contribution < 1.29 is 9.59 Å². The molecule has 0 aliphatic carbocycles. The van der Waals surface area contributed by atoms with E-state index in [1.165, 1.54) is 11.0 Å². The van der Waals surface area contributed by atoms with Gasteiger partial charge in [-0.3, -0.25) is 14.6 Å². The highest BCUT2D eigenvalue weighted by molar-refractivity contribution is 5.91. The van der Waals surface area contributed by atoms with Crippen molar-refractivity contribution in [3.63, 3.8) is 0 Å². The molecule has 0 unspecified atom stereocenters. The first-order chi connectivity index (χ1) is 10.7. The van der Waals surface area contributed by atoms with Crippen molar-refractivity contribution in [1.82, 2.24) is 14.8 Å². The summed E-state index contributed by atoms with van der Waals surface area (Å²) >= 11 is 0. The van der Waals surface area contributed by atoms with E-state index in [-0.39, 0.29) is 18.4 Å². The van der Waals surface area contributed by atoms with E-state index in [0.717, 1.165) is 17.6 Å². The molecule has 0 bridgehead atoms. The van der Waals surface area contributed by atoms with Gasteiger partial charge >= 0.3 is 0 Å². The van der Waals surface area contributed by atoms with Gasteiger partial charge in [0.05, 0.1) is 0 Å². The smallest absolute Gasteiger partial charge is 0.246 e. The fourth-order valence-electron chi connectivity index (χ4n) is 2.47. The van der Waals surface area contributed by atoms with Crippen LogP contribution in [0.3, 0.4) is 0 Å². The van der Waals surface area contributed by atoms with Gasteiger partial charge in [0.25, 0.3) is 0 Å². The number of amides is 2. The molecule has 1 aromatic heterocycles. The van der Waals surface area contributed by atoms with Crippen molar-refractivity contribution in [2.24, 2.45) is 0 Å². The van der Waals surface area contributed by atoms with Gasteiger partial charge in [-0.25, -0.2) is 0 Å². The SMILES string of the molecule is C=CC(=O)N(CC)CC(=O)N1CCC=C(c2ccncc2)C1. The summed E-state index contributed by atoms with van der Waals surface area (Å²) < 4.78 is 0. The molecule has 0 saturated carbocycles. The third-order valence-corrected chi connectivity index (χ3v) is 3.75. The zero-order valence-electron chi connectivity index (χ0n) is 12.9. The van der Waals surface area contributed by atoms with Gasteiger partial charge < -0.3 is 9.80 Å². The van der Waals surface area contributed by atoms with Crippen LogP contribution in [0, 0.1) is 0 Å². The largest absolute Gasteiger partial charge is 0.337 e. The minimum absolute atomic E-state index is 0.0308. The molecule has 1 aliphatic rings. The van der Waals surface area contributed by atoms with Crippen LogP contribution in [0.25, 0.3) is 5.57 Å². The maximum absolute atomic E-state index is 12.4. The molecule has 0 spiro atoms. The van der Waals surface area contributed by atoms with Crippen molar-refractivity contribution in [3.05, 3.63) is 48.8 Å². The van der Waals surface area contributed by atoms with E-state index in [2.05, 4.69) is 17.6 Å². The Morgan fingerprint density at radius 2 is 2.14 bits per heavy atom. The Bertz CT molecular complexity index is 581. The Labute approximate surface area is 130 Å². The van der Waals surface area contributed by atoms with Crippen LogP contribution in [0.15, 0.2) is 43.3 Å². The number of pyridine rings is 1. The van der Waals surface area contributed by atoms with Gasteiger partial charge in [0, 0.05) is 32.0 Å². The van der Waals surface area contributed by atoms with Gasteiger partial charge in [-0.2, -0.15) is 0 Å². The third-order valence-electron chi connectivity index (χ3n) is 3.75. The molecular formula is C17H21N3O2. The fraction of sp³-hybridized carbons (Fsp3) is 0.353. The van der Waals surface area contributed by atoms with Crippen molar-refractivity contribution >= 4 is 17.4 Å². The molecule has 0 N–H and O–H groups in total. The summed E-state index contributed by atoms with van der Waals surface area (Å²) in [7, 11) is 0. The molecule has 5 nitrogen and oxygen atoms in total. The van der Waals surface area contributed by atoms with E-state index in [0.29, 0.717) is 19.6 Å². The monoisotopic (exact) mass is 299 g/mol. The Morgan fingerprint density at radius 1 is 1.41 bits per heavy atom. The third kappa shape index (κ3) is 3.81. The number of rotatable bonds is 5. The van der Waals surface area contributed by atoms with E-state index >= 15 is 0 Å². The molecule has 0 saturated heterocycles. The molecule has 116 valence electrons. The fourth-order valence-corrected chi connectivity index (χ4v) is 2.47. The first kappa shape index (κ1) is 15.9. The number of likely N-dealkylation sites (N-methyl/N-ethyl adjacent to an activating group) is 1. The Morgan fingerprint density at radius 3 is 2.77 bits per heavy atom. The number of carbonyl (C=O) groups excluding carboxylic acids is 2. The summed E-state index contributed by atoms with van der Waals surface area (Å²) in [6.07, 6.45) is 7.73. The average molecular weight is 299 g/mol. The molecule has 22 heavy (non-hydrogen) atoms. The number of hydrogen-bond acceptors (Lipinski definition) is 3. The normalized spacial score (nSPS) is 14.2. The number of nitrogens with zero attached hydrogens (tertiary/aromatic N) is 3. The average Bonchev–Trinajstić information content (AvgIpc) is 2.59. The topological polar surface area (TPSA) is 53.5 Å². The first-order valence-corrected chi connectivity index (χ1v) is 7.44. The van der Waals surface area contributed by atoms with Crippen LogP contribution in [-0.2, 0) is 9.59 Å². The van der Waals surface area contributed by atoms with Crippen LogP contribution < -0.4 is 0 Å². The Balaban J connectivity index is 2.02. The van der Waals surface area contributed by atoms with Crippen molar-refractivity contribution in [3.8, 4) is 0 Å². The minimum Gasteiger partial charge on any atom is -0.337 e. The molecule has 5 heteroatoms. The predicted octanol–water partition coefficient (Wildman–Crippen LogP) is 1.73. The summed E-state index contributed by atoms with van der Waals surface area (Å²) in [6.45, 7) is 7.18. The van der Waals surface area contributed by atoms with Crippen LogP contribution in [0.2, 0.25) is 0 Å². The summed E-state index contributed by atoms with van der Waals surface area (Å²) in [4.78, 5) is 31.4. The van der Waals surface area contributed by atoms with E-state index in [9.17, 15) is 9.59 Å². The highest BCUT2D eigenvalue weighted by atomic mass is 16.2. The number of aromatic nitrogens is 1. The van der Waals surface area contributed by atoms with Gasteiger partial charge in [-0.1, -0.05) is 12.7 Å². The van der Waals surface area contributed by atoms with Gasteiger partial charge in [0.1, 0.15) is 6.54 Å². The molecule has 1 aromatic rings. The molecule has 1 aliphatic heterocycles. The van der Waals surface area contributed by atoms with Crippen molar-refractivity contribution in [2.45, 2.75) is 13.3 Å². The van der Waals surface area contributed by atoms with E-state index < -0.39 is 0 Å². The molecule has 2 amide bonds. The van der Waals surface area contributed by atoms with Crippen LogP contribution in [0.5, 0.6) is 0 Å². The Hall–Kier alpha value is -2.43. The molecule has 2 rings (SSSR count). The lowest BCUT2D eigenvalue weighted by Gasteiger charge is -2.30.